The molecule has 27 heavy (non-hydrogen) atoms. The number of carbonyl (C=O) groups is 2. The van der Waals surface area contributed by atoms with Gasteiger partial charge in [-0.25, -0.2) is 4.79 Å². The molecule has 0 bridgehead atoms. The fraction of sp³-hybridized carbons (Fsp3) is 0.529. The maximum Gasteiger partial charge on any atom is 0.345 e. The molecule has 10 heteroatoms. The Labute approximate surface area is 155 Å². The van der Waals surface area contributed by atoms with Crippen molar-refractivity contribution < 1.29 is 33.5 Å². The molecule has 1 aromatic carbocycles. The lowest BCUT2D eigenvalue weighted by Crippen LogP contribution is -2.49. The molecule has 1 saturated heterocycles. The Kier molecular flexibility index (Phi) is 5.45. The first kappa shape index (κ1) is 18.9. The third-order valence-electron chi connectivity index (χ3n) is 4.18. The quantitative estimate of drug-likeness (QED) is 0.434. The third-order valence-corrected chi connectivity index (χ3v) is 4.18. The van der Waals surface area contributed by atoms with Crippen LogP contribution in [-0.2, 0) is 14.3 Å². The van der Waals surface area contributed by atoms with E-state index >= 15 is 0 Å². The number of nitro benzene ring substituents is 1. The zero-order valence-electron chi connectivity index (χ0n) is 15.0. The van der Waals surface area contributed by atoms with Crippen LogP contribution in [0, 0.1) is 10.1 Å². The second-order valence-electron chi connectivity index (χ2n) is 6.40. The van der Waals surface area contributed by atoms with E-state index in [2.05, 4.69) is 0 Å². The van der Waals surface area contributed by atoms with Crippen LogP contribution >= 0.6 is 0 Å². The third kappa shape index (κ3) is 4.27. The van der Waals surface area contributed by atoms with E-state index in [0.29, 0.717) is 13.1 Å². The van der Waals surface area contributed by atoms with E-state index in [1.165, 1.54) is 6.07 Å². The summed E-state index contributed by atoms with van der Waals surface area (Å²) >= 11 is 0. The van der Waals surface area contributed by atoms with Crippen LogP contribution in [0.2, 0.25) is 0 Å². The number of morpholine rings is 1. The van der Waals surface area contributed by atoms with Crippen LogP contribution in [0.4, 0.5) is 5.69 Å². The molecule has 0 N–H and O–H groups in total. The average molecular weight is 380 g/mol. The van der Waals surface area contributed by atoms with Crippen LogP contribution < -0.4 is 9.47 Å². The summed E-state index contributed by atoms with van der Waals surface area (Å²) < 4.78 is 21.2. The van der Waals surface area contributed by atoms with Crippen LogP contribution in [0.5, 0.6) is 11.5 Å². The molecule has 3 rings (SSSR count). The molecule has 0 spiro atoms. The summed E-state index contributed by atoms with van der Waals surface area (Å²) in [7, 11) is 0. The van der Waals surface area contributed by atoms with Crippen molar-refractivity contribution in [3.8, 4) is 11.5 Å². The number of fused-ring (bicyclic) bond motifs is 1. The predicted octanol–water partition coefficient (Wildman–Crippen LogP) is 1.16. The fourth-order valence-corrected chi connectivity index (χ4v) is 3.07. The van der Waals surface area contributed by atoms with Crippen LogP contribution in [-0.4, -0.2) is 66.8 Å². The molecule has 0 aromatic heterocycles. The van der Waals surface area contributed by atoms with E-state index in [9.17, 15) is 19.7 Å². The molecule has 2 aliphatic heterocycles. The van der Waals surface area contributed by atoms with Gasteiger partial charge < -0.3 is 23.8 Å². The molecule has 1 amide bonds. The molecule has 2 atom stereocenters. The first-order valence-corrected chi connectivity index (χ1v) is 8.53. The lowest BCUT2D eigenvalue weighted by Gasteiger charge is -2.35. The number of ether oxygens (including phenoxy) is 4. The van der Waals surface area contributed by atoms with Crippen molar-refractivity contribution in [2.24, 2.45) is 0 Å². The minimum absolute atomic E-state index is 0.118. The van der Waals surface area contributed by atoms with Gasteiger partial charge in [0.25, 0.3) is 11.6 Å². The van der Waals surface area contributed by atoms with Crippen molar-refractivity contribution in [3.05, 3.63) is 27.8 Å². The van der Waals surface area contributed by atoms with Crippen molar-refractivity contribution >= 4 is 17.6 Å². The lowest BCUT2D eigenvalue weighted by atomic mass is 10.1. The van der Waals surface area contributed by atoms with Crippen molar-refractivity contribution in [3.63, 3.8) is 0 Å². The molecule has 1 aromatic rings. The number of carbonyl (C=O) groups excluding carboxylic acids is 2. The van der Waals surface area contributed by atoms with E-state index in [1.807, 2.05) is 13.8 Å². The van der Waals surface area contributed by atoms with E-state index in [-0.39, 0.29) is 48.4 Å². The van der Waals surface area contributed by atoms with E-state index in [1.54, 1.807) is 4.90 Å². The number of esters is 1. The summed E-state index contributed by atoms with van der Waals surface area (Å²) in [5.41, 5.74) is -0.758. The smallest absolute Gasteiger partial charge is 0.345 e. The van der Waals surface area contributed by atoms with Gasteiger partial charge in [0.1, 0.15) is 18.8 Å². The topological polar surface area (TPSA) is 117 Å². The highest BCUT2D eigenvalue weighted by atomic mass is 16.6. The highest BCUT2D eigenvalue weighted by Crippen LogP contribution is 2.36. The molecule has 10 nitrogen and oxygen atoms in total. The first-order valence-electron chi connectivity index (χ1n) is 8.53. The summed E-state index contributed by atoms with van der Waals surface area (Å²) in [5, 5.41) is 11.3. The number of hydrogen-bond acceptors (Lipinski definition) is 8. The van der Waals surface area contributed by atoms with Gasteiger partial charge in [0.15, 0.2) is 18.1 Å². The Bertz CT molecular complexity index is 756. The first-order chi connectivity index (χ1) is 12.8. The van der Waals surface area contributed by atoms with E-state index < -0.39 is 23.2 Å². The number of rotatable bonds is 4. The summed E-state index contributed by atoms with van der Waals surface area (Å²) in [6.07, 6.45) is -0.237. The zero-order valence-corrected chi connectivity index (χ0v) is 15.0. The molecule has 2 heterocycles. The van der Waals surface area contributed by atoms with Crippen molar-refractivity contribution in [1.82, 2.24) is 4.90 Å². The van der Waals surface area contributed by atoms with Gasteiger partial charge in [0, 0.05) is 19.2 Å². The van der Waals surface area contributed by atoms with Crippen LogP contribution in [0.15, 0.2) is 12.1 Å². The van der Waals surface area contributed by atoms with E-state index in [0.717, 1.165) is 6.07 Å². The largest absolute Gasteiger partial charge is 0.486 e. The minimum Gasteiger partial charge on any atom is -0.486 e. The highest BCUT2D eigenvalue weighted by Gasteiger charge is 2.30. The Morgan fingerprint density at radius 1 is 1.19 bits per heavy atom. The van der Waals surface area contributed by atoms with Gasteiger partial charge in [0.05, 0.1) is 23.2 Å². The number of nitro groups is 1. The number of benzene rings is 1. The van der Waals surface area contributed by atoms with Gasteiger partial charge in [-0.1, -0.05) is 0 Å². The molecule has 0 unspecified atom stereocenters. The van der Waals surface area contributed by atoms with Gasteiger partial charge in [0.2, 0.25) is 0 Å². The van der Waals surface area contributed by atoms with Crippen LogP contribution in [0.1, 0.15) is 24.2 Å². The Balaban J connectivity index is 1.70. The normalized spacial score (nSPS) is 21.5. The highest BCUT2D eigenvalue weighted by molar-refractivity contribution is 5.96. The summed E-state index contributed by atoms with van der Waals surface area (Å²) in [4.78, 5) is 36.8. The SMILES string of the molecule is C[C@H]1CN(C(=O)COC(=O)c2cc3c(cc2[N+](=O)[O-])OCCO3)C[C@H](C)O1. The van der Waals surface area contributed by atoms with Crippen LogP contribution in [0.25, 0.3) is 0 Å². The molecule has 1 fully saturated rings. The monoisotopic (exact) mass is 380 g/mol. The van der Waals surface area contributed by atoms with Crippen molar-refractivity contribution in [1.29, 1.82) is 0 Å². The molecule has 0 aliphatic carbocycles. The van der Waals surface area contributed by atoms with Gasteiger partial charge in [-0.15, -0.1) is 0 Å². The standard InChI is InChI=1S/C17H20N2O8/c1-10-7-18(8-11(2)27-10)16(20)9-26-17(21)12-5-14-15(25-4-3-24-14)6-13(12)19(22)23/h5-6,10-11H,3-4,7-9H2,1-2H3/t10-,11-/m0/s1. The maximum atomic E-state index is 12.4. The second kappa shape index (κ2) is 7.78. The van der Waals surface area contributed by atoms with Crippen molar-refractivity contribution in [2.75, 3.05) is 32.9 Å². The van der Waals surface area contributed by atoms with Gasteiger partial charge >= 0.3 is 5.97 Å². The number of nitrogens with zero attached hydrogens (tertiary/aromatic N) is 2. The Morgan fingerprint density at radius 2 is 1.78 bits per heavy atom. The molecular formula is C17H20N2O8. The summed E-state index contributed by atoms with van der Waals surface area (Å²) in [6.45, 7) is 4.50. The van der Waals surface area contributed by atoms with Gasteiger partial charge in [-0.3, -0.25) is 14.9 Å². The average Bonchev–Trinajstić information content (AvgIpc) is 2.63. The zero-order chi connectivity index (χ0) is 19.6. The Morgan fingerprint density at radius 3 is 2.37 bits per heavy atom. The molecule has 0 radical (unpaired) electrons. The lowest BCUT2D eigenvalue weighted by molar-refractivity contribution is -0.385. The number of hydrogen-bond donors (Lipinski definition) is 0. The molecule has 2 aliphatic rings. The van der Waals surface area contributed by atoms with Crippen LogP contribution in [0.3, 0.4) is 0 Å². The summed E-state index contributed by atoms with van der Waals surface area (Å²) in [6, 6.07) is 2.33. The number of amides is 1. The predicted molar refractivity (Wildman–Crippen MR) is 91.0 cm³/mol. The fourth-order valence-electron chi connectivity index (χ4n) is 3.07. The maximum absolute atomic E-state index is 12.4. The Hall–Kier alpha value is -2.88. The molecule has 0 saturated carbocycles. The second-order valence-corrected chi connectivity index (χ2v) is 6.40. The van der Waals surface area contributed by atoms with Gasteiger partial charge in [-0.05, 0) is 13.8 Å². The minimum atomic E-state index is -0.971. The molecular weight excluding hydrogens is 360 g/mol. The van der Waals surface area contributed by atoms with Crippen molar-refractivity contribution in [2.45, 2.75) is 26.1 Å². The van der Waals surface area contributed by atoms with Gasteiger partial charge in [-0.2, -0.15) is 0 Å². The van der Waals surface area contributed by atoms with E-state index in [4.69, 9.17) is 18.9 Å². The molecule has 146 valence electrons. The summed E-state index contributed by atoms with van der Waals surface area (Å²) in [5.74, 6) is -0.940.